The fraction of sp³-hybridized carbons (Fsp3) is 0.409. The number of hydrogen-bond acceptors (Lipinski definition) is 5. The molecule has 1 aromatic carbocycles. The predicted molar refractivity (Wildman–Crippen MR) is 120 cm³/mol. The molecule has 0 radical (unpaired) electrons. The average Bonchev–Trinajstić information content (AvgIpc) is 2.70. The average molecular weight is 432 g/mol. The zero-order valence-electron chi connectivity index (χ0n) is 17.9. The summed E-state index contributed by atoms with van der Waals surface area (Å²) < 4.78 is 0. The molecule has 0 aliphatic carbocycles. The number of primary amides is 1. The van der Waals surface area contributed by atoms with Gasteiger partial charge in [-0.2, -0.15) is 0 Å². The second-order valence-corrected chi connectivity index (χ2v) is 8.35. The maximum absolute atomic E-state index is 13.3. The predicted octanol–water partition coefficient (Wildman–Crippen LogP) is 2.38. The van der Waals surface area contributed by atoms with Gasteiger partial charge in [0.25, 0.3) is 0 Å². The van der Waals surface area contributed by atoms with Crippen LogP contribution in [0.2, 0.25) is 5.02 Å². The summed E-state index contributed by atoms with van der Waals surface area (Å²) in [5, 5.41) is 3.49. The van der Waals surface area contributed by atoms with Crippen molar-refractivity contribution in [3.63, 3.8) is 0 Å². The lowest BCUT2D eigenvalue weighted by Crippen LogP contribution is -2.64. The molecule has 0 saturated carbocycles. The van der Waals surface area contributed by atoms with Crippen LogP contribution in [0.1, 0.15) is 31.9 Å². The Morgan fingerprint density at radius 2 is 1.93 bits per heavy atom. The molecule has 162 valence electrons. The summed E-state index contributed by atoms with van der Waals surface area (Å²) in [6.45, 7) is 5.89. The van der Waals surface area contributed by atoms with Crippen molar-refractivity contribution in [3.05, 3.63) is 58.7 Å². The lowest BCUT2D eigenvalue weighted by Gasteiger charge is -2.43. The van der Waals surface area contributed by atoms with Gasteiger partial charge in [-0.15, -0.1) is 0 Å². The van der Waals surface area contributed by atoms with Crippen molar-refractivity contribution in [3.8, 4) is 0 Å². The molecule has 0 fully saturated rings. The molecule has 8 heteroatoms. The normalized spacial score (nSPS) is 14.4. The van der Waals surface area contributed by atoms with Gasteiger partial charge in [-0.1, -0.05) is 29.8 Å². The van der Waals surface area contributed by atoms with Crippen molar-refractivity contribution in [1.82, 2.24) is 15.2 Å². The number of amides is 2. The van der Waals surface area contributed by atoms with E-state index in [0.717, 1.165) is 11.1 Å². The number of pyridine rings is 1. The number of aromatic nitrogens is 1. The van der Waals surface area contributed by atoms with Crippen LogP contribution in [0.3, 0.4) is 0 Å². The molecule has 0 saturated heterocycles. The number of nitrogens with zero attached hydrogens (tertiary/aromatic N) is 2. The highest BCUT2D eigenvalue weighted by molar-refractivity contribution is 6.30. The van der Waals surface area contributed by atoms with Gasteiger partial charge in [-0.25, -0.2) is 4.98 Å². The summed E-state index contributed by atoms with van der Waals surface area (Å²) >= 11 is 6.13. The number of nitrogens with one attached hydrogen (secondary N) is 1. The summed E-state index contributed by atoms with van der Waals surface area (Å²) in [6, 6.07) is 10.7. The molecular weight excluding hydrogens is 402 g/mol. The van der Waals surface area contributed by atoms with Gasteiger partial charge in [0.1, 0.15) is 11.4 Å². The topological polar surface area (TPSA) is 114 Å². The smallest absolute Gasteiger partial charge is 0.238 e. The molecule has 0 bridgehead atoms. The van der Waals surface area contributed by atoms with E-state index in [1.54, 1.807) is 44.4 Å². The van der Waals surface area contributed by atoms with E-state index < -0.39 is 17.4 Å². The molecule has 1 unspecified atom stereocenters. The highest BCUT2D eigenvalue weighted by Gasteiger charge is 2.47. The quantitative estimate of drug-likeness (QED) is 0.563. The number of nitrogens with two attached hydrogens (primary N) is 2. The number of likely N-dealkylation sites (N-methyl/N-ethyl adjacent to an activating group) is 1. The number of benzene rings is 1. The zero-order chi connectivity index (χ0) is 22.5. The van der Waals surface area contributed by atoms with Crippen LogP contribution < -0.4 is 16.8 Å². The van der Waals surface area contributed by atoms with E-state index in [9.17, 15) is 9.59 Å². The zero-order valence-corrected chi connectivity index (χ0v) is 18.6. The lowest BCUT2D eigenvalue weighted by molar-refractivity contribution is -0.142. The van der Waals surface area contributed by atoms with E-state index in [1.165, 1.54) is 0 Å². The molecule has 2 atom stereocenters. The monoisotopic (exact) mass is 431 g/mol. The summed E-state index contributed by atoms with van der Waals surface area (Å²) in [5.74, 6) is -1.16. The van der Waals surface area contributed by atoms with Gasteiger partial charge in [0.15, 0.2) is 0 Å². The molecular formula is C22H30ClN5O2. The minimum Gasteiger partial charge on any atom is -0.384 e. The standard InChI is InChI=1S/C22H30ClN5O2/c1-14(2)28(4)22(3,21(25)30)18(11-15-6-5-7-17(23)10-15)20(29)27-13-16-8-9-19(24)26-12-16/h5-10,12,14,18H,11,13H2,1-4H3,(H2,24,26)(H2,25,30)(H,27,29)/t18-,22?/m1/s1. The summed E-state index contributed by atoms with van der Waals surface area (Å²) in [7, 11) is 1.80. The number of carbonyl (C=O) groups excluding carboxylic acids is 2. The summed E-state index contributed by atoms with van der Waals surface area (Å²) in [4.78, 5) is 31.8. The molecule has 1 aromatic heterocycles. The maximum Gasteiger partial charge on any atom is 0.238 e. The van der Waals surface area contributed by atoms with Crippen LogP contribution in [0.4, 0.5) is 5.82 Å². The van der Waals surface area contributed by atoms with E-state index in [1.807, 2.05) is 30.9 Å². The van der Waals surface area contributed by atoms with Gasteiger partial charge in [0, 0.05) is 23.8 Å². The van der Waals surface area contributed by atoms with Gasteiger partial charge in [-0.05, 0) is 63.6 Å². The van der Waals surface area contributed by atoms with Crippen molar-refractivity contribution in [2.75, 3.05) is 12.8 Å². The van der Waals surface area contributed by atoms with Crippen molar-refractivity contribution < 1.29 is 9.59 Å². The van der Waals surface area contributed by atoms with Crippen LogP contribution in [0.25, 0.3) is 0 Å². The molecule has 0 spiro atoms. The molecule has 7 nitrogen and oxygen atoms in total. The summed E-state index contributed by atoms with van der Waals surface area (Å²) in [6.07, 6.45) is 1.91. The summed E-state index contributed by atoms with van der Waals surface area (Å²) in [5.41, 5.74) is 11.9. The molecule has 0 aliphatic heterocycles. The molecule has 30 heavy (non-hydrogen) atoms. The maximum atomic E-state index is 13.3. The third-order valence-corrected chi connectivity index (χ3v) is 5.88. The van der Waals surface area contributed by atoms with Crippen molar-refractivity contribution in [2.45, 2.75) is 45.3 Å². The fourth-order valence-corrected chi connectivity index (χ4v) is 3.64. The largest absolute Gasteiger partial charge is 0.384 e. The molecule has 2 aromatic rings. The van der Waals surface area contributed by atoms with Crippen molar-refractivity contribution in [2.24, 2.45) is 11.7 Å². The van der Waals surface area contributed by atoms with Crippen LogP contribution >= 0.6 is 11.6 Å². The number of anilines is 1. The van der Waals surface area contributed by atoms with Gasteiger partial charge >= 0.3 is 0 Å². The van der Waals surface area contributed by atoms with Gasteiger partial charge in [0.2, 0.25) is 11.8 Å². The Labute approximate surface area is 182 Å². The first-order chi connectivity index (χ1) is 14.1. The van der Waals surface area contributed by atoms with E-state index in [-0.39, 0.29) is 18.5 Å². The van der Waals surface area contributed by atoms with Crippen LogP contribution in [-0.2, 0) is 22.6 Å². The number of halogens is 1. The molecule has 2 rings (SSSR count). The minimum absolute atomic E-state index is 0.00143. The van der Waals surface area contributed by atoms with Gasteiger partial charge < -0.3 is 16.8 Å². The molecule has 2 amide bonds. The minimum atomic E-state index is -1.21. The molecule has 5 N–H and O–H groups in total. The number of rotatable bonds is 9. The number of nitrogen functional groups attached to an aromatic ring is 1. The Bertz CT molecular complexity index is 887. The number of carbonyl (C=O) groups is 2. The first-order valence-corrected chi connectivity index (χ1v) is 10.2. The Balaban J connectivity index is 2.36. The van der Waals surface area contributed by atoms with Crippen LogP contribution in [0.5, 0.6) is 0 Å². The van der Waals surface area contributed by atoms with E-state index in [2.05, 4.69) is 10.3 Å². The Kier molecular flexibility index (Phi) is 7.81. The first-order valence-electron chi connectivity index (χ1n) is 9.81. The highest BCUT2D eigenvalue weighted by Crippen LogP contribution is 2.30. The first kappa shape index (κ1) is 23.6. The van der Waals surface area contributed by atoms with E-state index >= 15 is 0 Å². The third kappa shape index (κ3) is 5.49. The Morgan fingerprint density at radius 3 is 2.47 bits per heavy atom. The Morgan fingerprint density at radius 1 is 1.23 bits per heavy atom. The van der Waals surface area contributed by atoms with Crippen molar-refractivity contribution in [1.29, 1.82) is 0 Å². The van der Waals surface area contributed by atoms with Crippen molar-refractivity contribution >= 4 is 29.2 Å². The third-order valence-electron chi connectivity index (χ3n) is 5.64. The van der Waals surface area contributed by atoms with Gasteiger partial charge in [-0.3, -0.25) is 14.5 Å². The van der Waals surface area contributed by atoms with Crippen LogP contribution in [0.15, 0.2) is 42.6 Å². The SMILES string of the molecule is CC(C)N(C)C(C)(C(N)=O)[C@H](Cc1cccc(Cl)c1)C(=O)NCc1ccc(N)nc1. The Hall–Kier alpha value is -2.64. The number of hydrogen-bond donors (Lipinski definition) is 3. The van der Waals surface area contributed by atoms with E-state index in [0.29, 0.717) is 17.3 Å². The second kappa shape index (κ2) is 9.91. The van der Waals surface area contributed by atoms with Crippen LogP contribution in [-0.4, -0.2) is 40.3 Å². The molecule has 0 aliphatic rings. The lowest BCUT2D eigenvalue weighted by atomic mass is 9.78. The second-order valence-electron chi connectivity index (χ2n) is 7.91. The van der Waals surface area contributed by atoms with Crippen LogP contribution in [0, 0.1) is 5.92 Å². The van der Waals surface area contributed by atoms with Gasteiger partial charge in [0.05, 0.1) is 5.92 Å². The molecule has 1 heterocycles. The fourth-order valence-electron chi connectivity index (χ4n) is 3.43. The highest BCUT2D eigenvalue weighted by atomic mass is 35.5. The van der Waals surface area contributed by atoms with E-state index in [4.69, 9.17) is 23.1 Å².